The van der Waals surface area contributed by atoms with Gasteiger partial charge in [-0.15, -0.1) is 0 Å². The second-order valence-corrected chi connectivity index (χ2v) is 24.7. The van der Waals surface area contributed by atoms with E-state index in [9.17, 15) is 19.0 Å². The average molecular weight is 1070 g/mol. The van der Waals surface area contributed by atoms with Gasteiger partial charge in [-0.05, 0) is 57.4 Å². The Balaban J connectivity index is 5.07. The summed E-state index contributed by atoms with van der Waals surface area (Å²) in [6.45, 7) is 6.88. The molecule has 0 aliphatic heterocycles. The number of carbonyl (C=O) groups excluding carboxylic acids is 2. The molecule has 0 aromatic heterocycles. The summed E-state index contributed by atoms with van der Waals surface area (Å²) in [7, 11) is 1.20. The SMILES string of the molecule is CCCCCCCC/C=C/CCCCCCCCCCCCCCCC(=O)NC(COP(=O)([O-])OCC[N+](C)(C)C)C(/C=C\CCCCCCCCCCC)OC(=O)CCCCCCCCCCCCCCCC. The minimum absolute atomic E-state index is 0.0184. The number of hydrogen-bond donors (Lipinski definition) is 1. The van der Waals surface area contributed by atoms with Crippen LogP contribution in [-0.4, -0.2) is 69.4 Å². The van der Waals surface area contributed by atoms with Gasteiger partial charge < -0.3 is 28.5 Å². The highest BCUT2D eigenvalue weighted by Crippen LogP contribution is 2.38. The van der Waals surface area contributed by atoms with Crippen molar-refractivity contribution < 1.29 is 37.3 Å². The van der Waals surface area contributed by atoms with E-state index in [0.717, 1.165) is 57.8 Å². The molecule has 9 nitrogen and oxygen atoms in total. The number of nitrogens with one attached hydrogen (secondary N) is 1. The Hall–Kier alpha value is -1.51. The van der Waals surface area contributed by atoms with E-state index in [1.54, 1.807) is 0 Å². The van der Waals surface area contributed by atoms with Gasteiger partial charge in [0, 0.05) is 12.8 Å². The lowest BCUT2D eigenvalue weighted by molar-refractivity contribution is -0.870. The zero-order chi connectivity index (χ0) is 54.3. The first-order valence-electron chi connectivity index (χ1n) is 32.1. The van der Waals surface area contributed by atoms with Gasteiger partial charge >= 0.3 is 5.97 Å². The number of quaternary nitrogens is 1. The zero-order valence-electron chi connectivity index (χ0n) is 50.1. The van der Waals surface area contributed by atoms with E-state index in [4.69, 9.17) is 13.8 Å². The molecule has 0 spiro atoms. The number of rotatable bonds is 59. The number of carbonyl (C=O) groups is 2. The number of amides is 1. The standard InChI is InChI=1S/C64H125N2O7P/c1-7-10-13-16-19-22-25-27-29-30-31-32-33-34-35-36-37-38-41-44-47-50-53-56-63(67)65-61(60-72-74(69,70)71-59-58-66(4,5)6)62(55-52-49-46-43-40-24-21-18-15-12-9-3)73-64(68)57-54-51-48-45-42-39-28-26-23-20-17-14-11-8-2/h27,29,52,55,61-62H,7-26,28,30-51,53-54,56-60H2,1-6H3,(H-,65,67,69,70)/b29-27+,55-52-. The maximum atomic E-state index is 13.5. The highest BCUT2D eigenvalue weighted by Gasteiger charge is 2.27. The summed E-state index contributed by atoms with van der Waals surface area (Å²) in [6.07, 6.45) is 64.3. The molecule has 3 unspecified atom stereocenters. The Morgan fingerprint density at radius 2 is 0.784 bits per heavy atom. The molecule has 438 valence electrons. The molecule has 0 fully saturated rings. The molecule has 0 aromatic rings. The van der Waals surface area contributed by atoms with Crippen LogP contribution in [0.15, 0.2) is 24.3 Å². The number of unbranched alkanes of at least 4 members (excludes halogenated alkanes) is 41. The minimum atomic E-state index is -4.69. The molecule has 0 saturated carbocycles. The first-order valence-corrected chi connectivity index (χ1v) is 33.6. The average Bonchev–Trinajstić information content (AvgIpc) is 3.36. The van der Waals surface area contributed by atoms with E-state index in [1.807, 2.05) is 33.3 Å². The number of likely N-dealkylation sites (N-methyl/N-ethyl adjacent to an activating group) is 1. The van der Waals surface area contributed by atoms with Crippen LogP contribution in [0.25, 0.3) is 0 Å². The molecule has 0 heterocycles. The highest BCUT2D eigenvalue weighted by atomic mass is 31.2. The third-order valence-corrected chi connectivity index (χ3v) is 15.6. The first-order chi connectivity index (χ1) is 35.9. The van der Waals surface area contributed by atoms with Crippen LogP contribution in [0.2, 0.25) is 0 Å². The molecule has 0 bridgehead atoms. The van der Waals surface area contributed by atoms with Crippen LogP contribution in [0.1, 0.15) is 323 Å². The van der Waals surface area contributed by atoms with Crippen LogP contribution in [0.5, 0.6) is 0 Å². The fraction of sp³-hybridized carbons (Fsp3) is 0.906. The lowest BCUT2D eigenvalue weighted by Crippen LogP contribution is -2.47. The highest BCUT2D eigenvalue weighted by molar-refractivity contribution is 7.45. The third-order valence-electron chi connectivity index (χ3n) is 14.6. The van der Waals surface area contributed by atoms with E-state index in [0.29, 0.717) is 17.4 Å². The van der Waals surface area contributed by atoms with E-state index >= 15 is 0 Å². The molecule has 0 aliphatic carbocycles. The predicted octanol–water partition coefficient (Wildman–Crippen LogP) is 19.1. The normalized spacial score (nSPS) is 13.8. The topological polar surface area (TPSA) is 114 Å². The van der Waals surface area contributed by atoms with Crippen molar-refractivity contribution in [2.45, 2.75) is 335 Å². The molecular weight excluding hydrogens is 940 g/mol. The Kier molecular flexibility index (Phi) is 53.7. The Morgan fingerprint density at radius 1 is 0.459 bits per heavy atom. The largest absolute Gasteiger partial charge is 0.756 e. The Bertz CT molecular complexity index is 1320. The summed E-state index contributed by atoms with van der Waals surface area (Å²) in [6, 6.07) is -0.881. The molecule has 0 radical (unpaired) electrons. The lowest BCUT2D eigenvalue weighted by atomic mass is 10.0. The maximum absolute atomic E-state index is 13.5. The van der Waals surface area contributed by atoms with Crippen LogP contribution < -0.4 is 10.2 Å². The van der Waals surface area contributed by atoms with Crippen LogP contribution in [0.4, 0.5) is 0 Å². The molecule has 1 N–H and O–H groups in total. The molecule has 74 heavy (non-hydrogen) atoms. The lowest BCUT2D eigenvalue weighted by Gasteiger charge is -2.30. The van der Waals surface area contributed by atoms with Crippen molar-refractivity contribution >= 4 is 19.7 Å². The molecule has 0 saturated heterocycles. The van der Waals surface area contributed by atoms with Gasteiger partial charge in [-0.2, -0.15) is 0 Å². The second-order valence-electron chi connectivity index (χ2n) is 23.3. The van der Waals surface area contributed by atoms with Crippen LogP contribution in [0, 0.1) is 0 Å². The Morgan fingerprint density at radius 3 is 1.15 bits per heavy atom. The zero-order valence-corrected chi connectivity index (χ0v) is 51.0. The number of nitrogens with zero attached hydrogens (tertiary/aromatic N) is 1. The van der Waals surface area contributed by atoms with Crippen molar-refractivity contribution in [3.8, 4) is 0 Å². The maximum Gasteiger partial charge on any atom is 0.306 e. The Labute approximate surface area is 460 Å². The molecule has 3 atom stereocenters. The van der Waals surface area contributed by atoms with Gasteiger partial charge in [-0.3, -0.25) is 14.2 Å². The first kappa shape index (κ1) is 72.5. The van der Waals surface area contributed by atoms with E-state index in [2.05, 4.69) is 38.2 Å². The number of phosphoric ester groups is 1. The van der Waals surface area contributed by atoms with Crippen molar-refractivity contribution in [2.75, 3.05) is 40.9 Å². The van der Waals surface area contributed by atoms with Gasteiger partial charge in [0.15, 0.2) is 0 Å². The summed E-state index contributed by atoms with van der Waals surface area (Å²) >= 11 is 0. The van der Waals surface area contributed by atoms with Gasteiger partial charge in [0.25, 0.3) is 7.82 Å². The third kappa shape index (κ3) is 55.3. The smallest absolute Gasteiger partial charge is 0.306 e. The van der Waals surface area contributed by atoms with Crippen LogP contribution in [-0.2, 0) is 27.9 Å². The van der Waals surface area contributed by atoms with Crippen LogP contribution >= 0.6 is 7.82 Å². The van der Waals surface area contributed by atoms with Crippen molar-refractivity contribution in [2.24, 2.45) is 0 Å². The molecule has 0 rings (SSSR count). The monoisotopic (exact) mass is 1060 g/mol. The number of esters is 1. The summed E-state index contributed by atoms with van der Waals surface area (Å²) in [5.41, 5.74) is 0. The van der Waals surface area contributed by atoms with Gasteiger partial charge in [-0.25, -0.2) is 0 Å². The fourth-order valence-electron chi connectivity index (χ4n) is 9.64. The second kappa shape index (κ2) is 54.8. The van der Waals surface area contributed by atoms with Crippen molar-refractivity contribution in [1.82, 2.24) is 5.32 Å². The van der Waals surface area contributed by atoms with Gasteiger partial charge in [0.2, 0.25) is 5.91 Å². The van der Waals surface area contributed by atoms with E-state index in [-0.39, 0.29) is 31.5 Å². The van der Waals surface area contributed by atoms with E-state index in [1.165, 1.54) is 231 Å². The van der Waals surface area contributed by atoms with Gasteiger partial charge in [0.1, 0.15) is 19.3 Å². The van der Waals surface area contributed by atoms with Gasteiger partial charge in [0.05, 0.1) is 33.8 Å². The van der Waals surface area contributed by atoms with E-state index < -0.39 is 20.0 Å². The quantitative estimate of drug-likeness (QED) is 0.0212. The predicted molar refractivity (Wildman–Crippen MR) is 317 cm³/mol. The summed E-state index contributed by atoms with van der Waals surface area (Å²) in [5.74, 6) is -0.524. The summed E-state index contributed by atoms with van der Waals surface area (Å²) in [5, 5.41) is 3.04. The molecule has 0 aliphatic rings. The molecule has 10 heteroatoms. The number of ether oxygens (including phenoxy) is 1. The fourth-order valence-corrected chi connectivity index (χ4v) is 10.4. The van der Waals surface area contributed by atoms with Gasteiger partial charge in [-0.1, -0.05) is 277 Å². The molecule has 0 aromatic carbocycles. The minimum Gasteiger partial charge on any atom is -0.756 e. The van der Waals surface area contributed by atoms with Crippen molar-refractivity contribution in [3.05, 3.63) is 24.3 Å². The number of phosphoric acid groups is 1. The van der Waals surface area contributed by atoms with Crippen molar-refractivity contribution in [3.63, 3.8) is 0 Å². The number of allylic oxidation sites excluding steroid dienone is 3. The summed E-state index contributed by atoms with van der Waals surface area (Å²) in [4.78, 5) is 40.0. The molecule has 1 amide bonds. The number of hydrogen-bond acceptors (Lipinski definition) is 7. The van der Waals surface area contributed by atoms with Crippen molar-refractivity contribution in [1.29, 1.82) is 0 Å². The summed E-state index contributed by atoms with van der Waals surface area (Å²) < 4.78 is 30.3. The molecular formula is C64H125N2O7P. The van der Waals surface area contributed by atoms with Crippen LogP contribution in [0.3, 0.4) is 0 Å².